The standard InChI is InChI=1S/C33H29NO5/c1-37-27-12-8-23(9-13-27)20-34-21-26(18-31(33(35)36)25-10-14-28(38-2)15-11-25)30-19-29(16-17-32(30)34)39-22-24-6-4-3-5-7-24/h3-19,21H,20,22H2,1-2H3,(H,35,36)/b31-18+. The number of carboxylic acid groups (broad SMARTS) is 1. The van der Waals surface area contributed by atoms with Gasteiger partial charge in [0.15, 0.2) is 0 Å². The average Bonchev–Trinajstić information content (AvgIpc) is 3.31. The van der Waals surface area contributed by atoms with Crippen molar-refractivity contribution in [2.75, 3.05) is 14.2 Å². The van der Waals surface area contributed by atoms with Gasteiger partial charge in [-0.3, -0.25) is 0 Å². The van der Waals surface area contributed by atoms with Gasteiger partial charge in [0.2, 0.25) is 0 Å². The Morgan fingerprint density at radius 3 is 2.08 bits per heavy atom. The molecule has 0 spiro atoms. The largest absolute Gasteiger partial charge is 0.497 e. The third-order valence-corrected chi connectivity index (χ3v) is 6.57. The van der Waals surface area contributed by atoms with Crippen LogP contribution >= 0.6 is 0 Å². The van der Waals surface area contributed by atoms with Gasteiger partial charge >= 0.3 is 5.97 Å². The Bertz CT molecular complexity index is 1600. The molecular formula is C33H29NO5. The molecule has 0 amide bonds. The molecule has 5 rings (SSSR count). The summed E-state index contributed by atoms with van der Waals surface area (Å²) in [5, 5.41) is 11.0. The Morgan fingerprint density at radius 2 is 1.44 bits per heavy atom. The monoisotopic (exact) mass is 519 g/mol. The Labute approximate surface area is 227 Å². The van der Waals surface area contributed by atoms with Crippen molar-refractivity contribution >= 4 is 28.5 Å². The number of fused-ring (bicyclic) bond motifs is 1. The van der Waals surface area contributed by atoms with Crippen molar-refractivity contribution in [3.8, 4) is 17.2 Å². The SMILES string of the molecule is COc1ccc(Cn2cc(/C=C(/C(=O)O)c3ccc(OC)cc3)c3cc(OCc4ccccc4)ccc32)cc1. The lowest BCUT2D eigenvalue weighted by molar-refractivity contribution is -0.130. The Morgan fingerprint density at radius 1 is 0.795 bits per heavy atom. The van der Waals surface area contributed by atoms with E-state index in [1.165, 1.54) is 0 Å². The van der Waals surface area contributed by atoms with Gasteiger partial charge in [-0.1, -0.05) is 54.6 Å². The zero-order chi connectivity index (χ0) is 27.2. The van der Waals surface area contributed by atoms with Crippen LogP contribution in [0.25, 0.3) is 22.6 Å². The highest BCUT2D eigenvalue weighted by Gasteiger charge is 2.15. The van der Waals surface area contributed by atoms with E-state index in [2.05, 4.69) is 4.57 Å². The number of nitrogens with zero attached hydrogens (tertiary/aromatic N) is 1. The van der Waals surface area contributed by atoms with Crippen LogP contribution in [-0.2, 0) is 17.9 Å². The normalized spacial score (nSPS) is 11.4. The van der Waals surface area contributed by atoms with Crippen LogP contribution in [0.4, 0.5) is 0 Å². The van der Waals surface area contributed by atoms with E-state index >= 15 is 0 Å². The maximum atomic E-state index is 12.3. The van der Waals surface area contributed by atoms with Crippen molar-refractivity contribution in [3.63, 3.8) is 0 Å². The highest BCUT2D eigenvalue weighted by Crippen LogP contribution is 2.31. The lowest BCUT2D eigenvalue weighted by Gasteiger charge is -2.09. The highest BCUT2D eigenvalue weighted by atomic mass is 16.5. The Kier molecular flexibility index (Phi) is 7.64. The molecule has 0 saturated heterocycles. The van der Waals surface area contributed by atoms with Crippen LogP contribution in [0.3, 0.4) is 0 Å². The second-order valence-electron chi connectivity index (χ2n) is 9.11. The van der Waals surface area contributed by atoms with Gasteiger partial charge in [-0.25, -0.2) is 4.79 Å². The predicted molar refractivity (Wildman–Crippen MR) is 153 cm³/mol. The summed E-state index contributed by atoms with van der Waals surface area (Å²) in [5.74, 6) is 1.17. The number of carbonyl (C=O) groups is 1. The fourth-order valence-corrected chi connectivity index (χ4v) is 4.50. The van der Waals surface area contributed by atoms with E-state index in [1.807, 2.05) is 79.0 Å². The number of carboxylic acids is 1. The minimum absolute atomic E-state index is 0.191. The summed E-state index contributed by atoms with van der Waals surface area (Å²) in [4.78, 5) is 12.3. The van der Waals surface area contributed by atoms with E-state index < -0.39 is 5.97 Å². The quantitative estimate of drug-likeness (QED) is 0.203. The Hall–Kier alpha value is -4.97. The minimum Gasteiger partial charge on any atom is -0.497 e. The van der Waals surface area contributed by atoms with Gasteiger partial charge in [-0.2, -0.15) is 0 Å². The van der Waals surface area contributed by atoms with Crippen molar-refractivity contribution in [2.24, 2.45) is 0 Å². The summed E-state index contributed by atoms with van der Waals surface area (Å²) < 4.78 is 18.7. The summed E-state index contributed by atoms with van der Waals surface area (Å²) in [5.41, 5.74) is 4.72. The molecule has 6 heteroatoms. The van der Waals surface area contributed by atoms with Crippen molar-refractivity contribution in [2.45, 2.75) is 13.2 Å². The van der Waals surface area contributed by atoms with Gasteiger partial charge in [-0.05, 0) is 65.2 Å². The van der Waals surface area contributed by atoms with Gasteiger partial charge in [0.05, 0.1) is 19.8 Å². The first-order chi connectivity index (χ1) is 19.0. The van der Waals surface area contributed by atoms with E-state index in [4.69, 9.17) is 14.2 Å². The number of aliphatic carboxylic acids is 1. The van der Waals surface area contributed by atoms with Crippen molar-refractivity contribution < 1.29 is 24.1 Å². The third-order valence-electron chi connectivity index (χ3n) is 6.57. The number of hydrogen-bond donors (Lipinski definition) is 1. The first-order valence-electron chi connectivity index (χ1n) is 12.6. The molecule has 1 heterocycles. The van der Waals surface area contributed by atoms with Crippen LogP contribution in [0.1, 0.15) is 22.3 Å². The number of aromatic nitrogens is 1. The van der Waals surface area contributed by atoms with E-state index in [0.29, 0.717) is 30.2 Å². The summed E-state index contributed by atoms with van der Waals surface area (Å²) >= 11 is 0. The van der Waals surface area contributed by atoms with E-state index in [-0.39, 0.29) is 5.57 Å². The fourth-order valence-electron chi connectivity index (χ4n) is 4.50. The summed E-state index contributed by atoms with van der Waals surface area (Å²) in [6.07, 6.45) is 3.71. The van der Waals surface area contributed by atoms with Crippen LogP contribution in [0, 0.1) is 0 Å². The molecule has 39 heavy (non-hydrogen) atoms. The molecule has 0 unspecified atom stereocenters. The smallest absolute Gasteiger partial charge is 0.336 e. The third kappa shape index (κ3) is 5.96. The first-order valence-corrected chi connectivity index (χ1v) is 12.6. The zero-order valence-corrected chi connectivity index (χ0v) is 21.8. The molecule has 4 aromatic carbocycles. The molecule has 196 valence electrons. The molecule has 5 aromatic rings. The summed E-state index contributed by atoms with van der Waals surface area (Å²) in [6.45, 7) is 1.06. The van der Waals surface area contributed by atoms with Gasteiger partial charge in [0.25, 0.3) is 0 Å². The maximum Gasteiger partial charge on any atom is 0.336 e. The summed E-state index contributed by atoms with van der Waals surface area (Å²) in [7, 11) is 3.23. The van der Waals surface area contributed by atoms with Gasteiger partial charge < -0.3 is 23.9 Å². The molecule has 0 bridgehead atoms. The van der Waals surface area contributed by atoms with Gasteiger partial charge in [0, 0.05) is 29.2 Å². The number of benzene rings is 4. The van der Waals surface area contributed by atoms with Gasteiger partial charge in [0.1, 0.15) is 23.9 Å². The maximum absolute atomic E-state index is 12.3. The number of rotatable bonds is 10. The zero-order valence-electron chi connectivity index (χ0n) is 21.8. The number of ether oxygens (including phenoxy) is 3. The molecule has 1 N–H and O–H groups in total. The molecule has 6 nitrogen and oxygen atoms in total. The minimum atomic E-state index is -1.01. The van der Waals surface area contributed by atoms with Crippen LogP contribution < -0.4 is 14.2 Å². The molecule has 0 fully saturated rings. The van der Waals surface area contributed by atoms with E-state index in [9.17, 15) is 9.90 Å². The molecule has 1 aromatic heterocycles. The fraction of sp³-hybridized carbons (Fsp3) is 0.121. The Balaban J connectivity index is 1.56. The highest BCUT2D eigenvalue weighted by molar-refractivity contribution is 6.21. The second kappa shape index (κ2) is 11.6. The molecule has 0 aliphatic heterocycles. The number of hydrogen-bond acceptors (Lipinski definition) is 4. The first kappa shape index (κ1) is 25.7. The molecule has 0 aliphatic carbocycles. The molecule has 0 atom stereocenters. The molecule has 0 radical (unpaired) electrons. The number of methoxy groups -OCH3 is 2. The van der Waals surface area contributed by atoms with Crippen LogP contribution in [0.15, 0.2) is 103 Å². The van der Waals surface area contributed by atoms with Crippen LogP contribution in [0.2, 0.25) is 0 Å². The van der Waals surface area contributed by atoms with Crippen molar-refractivity contribution in [3.05, 3.63) is 126 Å². The molecule has 0 saturated carbocycles. The lowest BCUT2D eigenvalue weighted by atomic mass is 10.0. The van der Waals surface area contributed by atoms with Crippen LogP contribution in [-0.4, -0.2) is 29.9 Å². The average molecular weight is 520 g/mol. The molecular weight excluding hydrogens is 490 g/mol. The van der Waals surface area contributed by atoms with Gasteiger partial charge in [-0.15, -0.1) is 0 Å². The lowest BCUT2D eigenvalue weighted by Crippen LogP contribution is -2.00. The van der Waals surface area contributed by atoms with E-state index in [0.717, 1.165) is 33.3 Å². The second-order valence-corrected chi connectivity index (χ2v) is 9.11. The van der Waals surface area contributed by atoms with E-state index in [1.54, 1.807) is 44.6 Å². The van der Waals surface area contributed by atoms with Crippen molar-refractivity contribution in [1.82, 2.24) is 4.57 Å². The van der Waals surface area contributed by atoms with Crippen LogP contribution in [0.5, 0.6) is 17.2 Å². The predicted octanol–water partition coefficient (Wildman–Crippen LogP) is 6.91. The molecule has 0 aliphatic rings. The van der Waals surface area contributed by atoms with Crippen molar-refractivity contribution in [1.29, 1.82) is 0 Å². The topological polar surface area (TPSA) is 69.9 Å². The summed E-state index contributed by atoms with van der Waals surface area (Å²) in [6, 6.07) is 30.9.